The summed E-state index contributed by atoms with van der Waals surface area (Å²) >= 11 is 1.62. The molecule has 15 heavy (non-hydrogen) atoms. The second-order valence-electron chi connectivity index (χ2n) is 3.20. The maximum Gasteiger partial charge on any atom is 0.250 e. The van der Waals surface area contributed by atoms with Crippen LogP contribution in [0.2, 0.25) is 0 Å². The summed E-state index contributed by atoms with van der Waals surface area (Å²) in [4.78, 5) is 16.3. The van der Waals surface area contributed by atoms with E-state index in [0.29, 0.717) is 5.56 Å². The highest BCUT2D eigenvalue weighted by molar-refractivity contribution is 7.13. The normalized spacial score (nSPS) is 10.2. The van der Waals surface area contributed by atoms with Gasteiger partial charge in [0, 0.05) is 22.3 Å². The monoisotopic (exact) mass is 218 g/mol. The van der Waals surface area contributed by atoms with Crippen molar-refractivity contribution in [3.63, 3.8) is 0 Å². The van der Waals surface area contributed by atoms with E-state index in [1.54, 1.807) is 17.4 Å². The molecule has 76 valence electrons. The summed E-state index contributed by atoms with van der Waals surface area (Å²) in [7, 11) is 0. The summed E-state index contributed by atoms with van der Waals surface area (Å²) in [5.41, 5.74) is 7.54. The second kappa shape index (κ2) is 3.82. The van der Waals surface area contributed by atoms with Crippen molar-refractivity contribution in [1.82, 2.24) is 4.98 Å². The summed E-state index contributed by atoms with van der Waals surface area (Å²) in [6.45, 7) is 1.92. The SMILES string of the molecule is Cc1ncc(C(N)=O)cc1-c1cccs1. The molecular formula is C11H10N2OS. The van der Waals surface area contributed by atoms with Crippen molar-refractivity contribution in [3.05, 3.63) is 41.0 Å². The molecule has 0 saturated heterocycles. The average Bonchev–Trinajstić information content (AvgIpc) is 2.71. The summed E-state index contributed by atoms with van der Waals surface area (Å²) in [6, 6.07) is 5.76. The van der Waals surface area contributed by atoms with Gasteiger partial charge >= 0.3 is 0 Å². The van der Waals surface area contributed by atoms with E-state index >= 15 is 0 Å². The third kappa shape index (κ3) is 1.89. The third-order valence-corrected chi connectivity index (χ3v) is 3.06. The molecule has 0 unspecified atom stereocenters. The van der Waals surface area contributed by atoms with Crippen molar-refractivity contribution in [2.24, 2.45) is 5.73 Å². The molecule has 0 atom stereocenters. The Morgan fingerprint density at radius 1 is 1.53 bits per heavy atom. The number of nitrogens with two attached hydrogens (primary N) is 1. The Morgan fingerprint density at radius 2 is 2.33 bits per heavy atom. The van der Waals surface area contributed by atoms with Crippen molar-refractivity contribution >= 4 is 17.2 Å². The molecule has 0 aliphatic heterocycles. The molecule has 2 N–H and O–H groups in total. The first-order valence-electron chi connectivity index (χ1n) is 4.49. The Balaban J connectivity index is 2.55. The number of carbonyl (C=O) groups is 1. The van der Waals surface area contributed by atoms with E-state index in [-0.39, 0.29) is 0 Å². The standard InChI is InChI=1S/C11H10N2OS/c1-7-9(10-3-2-4-15-10)5-8(6-13-7)11(12)14/h2-6H,1H3,(H2,12,14). The summed E-state index contributed by atoms with van der Waals surface area (Å²) in [6.07, 6.45) is 1.51. The van der Waals surface area contributed by atoms with Crippen LogP contribution in [0.4, 0.5) is 0 Å². The number of hydrogen-bond acceptors (Lipinski definition) is 3. The van der Waals surface area contributed by atoms with Gasteiger partial charge in [-0.3, -0.25) is 9.78 Å². The second-order valence-corrected chi connectivity index (χ2v) is 4.15. The van der Waals surface area contributed by atoms with Crippen LogP contribution in [0.5, 0.6) is 0 Å². The molecule has 4 heteroatoms. The van der Waals surface area contributed by atoms with E-state index in [1.807, 2.05) is 24.4 Å². The van der Waals surface area contributed by atoms with Gasteiger partial charge in [-0.05, 0) is 24.4 Å². The lowest BCUT2D eigenvalue weighted by molar-refractivity contribution is 0.1000. The Labute approximate surface area is 91.6 Å². The number of hydrogen-bond donors (Lipinski definition) is 1. The number of aryl methyl sites for hydroxylation is 1. The summed E-state index contributed by atoms with van der Waals surface area (Å²) < 4.78 is 0. The zero-order valence-corrected chi connectivity index (χ0v) is 9.04. The zero-order valence-electron chi connectivity index (χ0n) is 8.23. The fourth-order valence-electron chi connectivity index (χ4n) is 1.35. The minimum atomic E-state index is -0.444. The predicted molar refractivity (Wildman–Crippen MR) is 60.8 cm³/mol. The van der Waals surface area contributed by atoms with E-state index in [9.17, 15) is 4.79 Å². The van der Waals surface area contributed by atoms with Gasteiger partial charge in [-0.1, -0.05) is 6.07 Å². The molecule has 2 rings (SSSR count). The number of nitrogens with zero attached hydrogens (tertiary/aromatic N) is 1. The van der Waals surface area contributed by atoms with Crippen LogP contribution < -0.4 is 5.73 Å². The van der Waals surface area contributed by atoms with Gasteiger partial charge < -0.3 is 5.73 Å². The van der Waals surface area contributed by atoms with Crippen LogP contribution in [-0.2, 0) is 0 Å². The Bertz CT molecular complexity index is 491. The molecule has 0 fully saturated rings. The van der Waals surface area contributed by atoms with Gasteiger partial charge in [-0.25, -0.2) is 0 Å². The van der Waals surface area contributed by atoms with Gasteiger partial charge in [-0.15, -0.1) is 11.3 Å². The average molecular weight is 218 g/mol. The van der Waals surface area contributed by atoms with E-state index in [1.165, 1.54) is 6.20 Å². The van der Waals surface area contributed by atoms with Crippen LogP contribution in [0.3, 0.4) is 0 Å². The molecule has 1 amide bonds. The molecule has 2 aromatic rings. The number of rotatable bonds is 2. The Kier molecular flexibility index (Phi) is 2.51. The van der Waals surface area contributed by atoms with Crippen molar-refractivity contribution in [2.75, 3.05) is 0 Å². The highest BCUT2D eigenvalue weighted by atomic mass is 32.1. The minimum absolute atomic E-state index is 0.444. The number of thiophene rings is 1. The van der Waals surface area contributed by atoms with Crippen LogP contribution in [0.25, 0.3) is 10.4 Å². The van der Waals surface area contributed by atoms with Crippen molar-refractivity contribution < 1.29 is 4.79 Å². The van der Waals surface area contributed by atoms with Gasteiger partial charge in [0.1, 0.15) is 0 Å². The topological polar surface area (TPSA) is 56.0 Å². The van der Waals surface area contributed by atoms with Crippen LogP contribution in [0.15, 0.2) is 29.8 Å². The Hall–Kier alpha value is -1.68. The number of carbonyl (C=O) groups excluding carboxylic acids is 1. The lowest BCUT2D eigenvalue weighted by atomic mass is 10.1. The van der Waals surface area contributed by atoms with Crippen LogP contribution in [0, 0.1) is 6.92 Å². The molecule has 0 spiro atoms. The first-order valence-corrected chi connectivity index (χ1v) is 5.37. The molecule has 0 bridgehead atoms. The summed E-state index contributed by atoms with van der Waals surface area (Å²) in [5, 5.41) is 1.99. The molecule has 3 nitrogen and oxygen atoms in total. The van der Waals surface area contributed by atoms with Crippen molar-refractivity contribution in [1.29, 1.82) is 0 Å². The largest absolute Gasteiger partial charge is 0.366 e. The third-order valence-electron chi connectivity index (χ3n) is 2.16. The maximum absolute atomic E-state index is 11.0. The van der Waals surface area contributed by atoms with Crippen LogP contribution >= 0.6 is 11.3 Å². The predicted octanol–water partition coefficient (Wildman–Crippen LogP) is 2.22. The maximum atomic E-state index is 11.0. The van der Waals surface area contributed by atoms with E-state index < -0.39 is 5.91 Å². The minimum Gasteiger partial charge on any atom is -0.366 e. The van der Waals surface area contributed by atoms with Crippen LogP contribution in [0.1, 0.15) is 16.1 Å². The highest BCUT2D eigenvalue weighted by Gasteiger charge is 2.08. The molecule has 0 aromatic carbocycles. The lowest BCUT2D eigenvalue weighted by Crippen LogP contribution is -2.11. The molecule has 2 aromatic heterocycles. The fourth-order valence-corrected chi connectivity index (χ4v) is 2.14. The van der Waals surface area contributed by atoms with E-state index in [0.717, 1.165) is 16.1 Å². The van der Waals surface area contributed by atoms with E-state index in [2.05, 4.69) is 4.98 Å². The van der Waals surface area contributed by atoms with Crippen LogP contribution in [-0.4, -0.2) is 10.9 Å². The van der Waals surface area contributed by atoms with Crippen molar-refractivity contribution in [3.8, 4) is 10.4 Å². The summed E-state index contributed by atoms with van der Waals surface area (Å²) in [5.74, 6) is -0.444. The van der Waals surface area contributed by atoms with Gasteiger partial charge in [0.05, 0.1) is 5.56 Å². The molecule has 2 heterocycles. The first kappa shape index (κ1) is 9.86. The molecule has 0 radical (unpaired) electrons. The number of amides is 1. The van der Waals surface area contributed by atoms with Crippen molar-refractivity contribution in [2.45, 2.75) is 6.92 Å². The van der Waals surface area contributed by atoms with Gasteiger partial charge in [0.15, 0.2) is 0 Å². The highest BCUT2D eigenvalue weighted by Crippen LogP contribution is 2.27. The number of pyridine rings is 1. The van der Waals surface area contributed by atoms with Gasteiger partial charge in [0.25, 0.3) is 0 Å². The van der Waals surface area contributed by atoms with E-state index in [4.69, 9.17) is 5.73 Å². The molecule has 0 aliphatic rings. The number of aromatic nitrogens is 1. The fraction of sp³-hybridized carbons (Fsp3) is 0.0909. The smallest absolute Gasteiger partial charge is 0.250 e. The molecular weight excluding hydrogens is 208 g/mol. The number of primary amides is 1. The van der Waals surface area contributed by atoms with Gasteiger partial charge in [-0.2, -0.15) is 0 Å². The molecule has 0 saturated carbocycles. The van der Waals surface area contributed by atoms with Gasteiger partial charge in [0.2, 0.25) is 5.91 Å². The Morgan fingerprint density at radius 3 is 2.93 bits per heavy atom. The quantitative estimate of drug-likeness (QED) is 0.840. The lowest BCUT2D eigenvalue weighted by Gasteiger charge is -2.03. The molecule has 0 aliphatic carbocycles. The zero-order chi connectivity index (χ0) is 10.8. The first-order chi connectivity index (χ1) is 7.18.